The van der Waals surface area contributed by atoms with Crippen LogP contribution in [0.2, 0.25) is 0 Å². The third-order valence-corrected chi connectivity index (χ3v) is 6.87. The van der Waals surface area contributed by atoms with Crippen molar-refractivity contribution >= 4 is 17.8 Å². The zero-order valence-corrected chi connectivity index (χ0v) is 18.9. The third kappa shape index (κ3) is 5.65. The SMILES string of the molecule is CCN(CC)C(=O)CN1CCCN(C(=O)C2CCN(C(=O)N3CCCC3)CC2)CC1. The first-order valence-corrected chi connectivity index (χ1v) is 11.9. The van der Waals surface area contributed by atoms with E-state index in [0.717, 1.165) is 77.9 Å². The number of likely N-dealkylation sites (tertiary alicyclic amines) is 2. The molecule has 0 atom stereocenters. The first-order chi connectivity index (χ1) is 14.5. The molecule has 0 aromatic heterocycles. The number of amides is 4. The Hall–Kier alpha value is -1.83. The van der Waals surface area contributed by atoms with E-state index < -0.39 is 0 Å². The number of nitrogens with zero attached hydrogens (tertiary/aromatic N) is 5. The largest absolute Gasteiger partial charge is 0.342 e. The maximum absolute atomic E-state index is 13.1. The van der Waals surface area contributed by atoms with Gasteiger partial charge in [0.05, 0.1) is 6.54 Å². The highest BCUT2D eigenvalue weighted by molar-refractivity contribution is 5.80. The average Bonchev–Trinajstić information content (AvgIpc) is 3.21. The van der Waals surface area contributed by atoms with Crippen LogP contribution in [-0.4, -0.2) is 114 Å². The second-order valence-corrected chi connectivity index (χ2v) is 8.76. The van der Waals surface area contributed by atoms with Gasteiger partial charge >= 0.3 is 6.03 Å². The summed E-state index contributed by atoms with van der Waals surface area (Å²) < 4.78 is 0. The Balaban J connectivity index is 1.44. The van der Waals surface area contributed by atoms with Crippen LogP contribution in [0.3, 0.4) is 0 Å². The van der Waals surface area contributed by atoms with Gasteiger partial charge < -0.3 is 19.6 Å². The van der Waals surface area contributed by atoms with E-state index in [4.69, 9.17) is 0 Å². The van der Waals surface area contributed by atoms with E-state index in [9.17, 15) is 14.4 Å². The van der Waals surface area contributed by atoms with Gasteiger partial charge in [-0.1, -0.05) is 0 Å². The molecule has 0 aromatic rings. The lowest BCUT2D eigenvalue weighted by molar-refractivity contribution is -0.136. The maximum atomic E-state index is 13.1. The molecule has 0 spiro atoms. The van der Waals surface area contributed by atoms with Crippen LogP contribution < -0.4 is 0 Å². The molecular formula is C22H39N5O3. The zero-order valence-electron chi connectivity index (χ0n) is 18.9. The molecule has 8 heteroatoms. The fourth-order valence-corrected chi connectivity index (χ4v) is 4.90. The van der Waals surface area contributed by atoms with Crippen LogP contribution in [0.15, 0.2) is 0 Å². The molecule has 8 nitrogen and oxygen atoms in total. The normalized spacial score (nSPS) is 21.6. The van der Waals surface area contributed by atoms with E-state index in [1.165, 1.54) is 0 Å². The van der Waals surface area contributed by atoms with E-state index in [1.807, 2.05) is 33.4 Å². The molecule has 170 valence electrons. The molecule has 0 unspecified atom stereocenters. The number of hydrogen-bond acceptors (Lipinski definition) is 4. The number of likely N-dealkylation sites (N-methyl/N-ethyl adjacent to an activating group) is 1. The summed E-state index contributed by atoms with van der Waals surface area (Å²) in [6.45, 7) is 12.1. The van der Waals surface area contributed by atoms with Crippen LogP contribution >= 0.6 is 0 Å². The quantitative estimate of drug-likeness (QED) is 0.671. The minimum absolute atomic E-state index is 0.0245. The first kappa shape index (κ1) is 22.8. The summed E-state index contributed by atoms with van der Waals surface area (Å²) in [7, 11) is 0. The molecule has 3 saturated heterocycles. The van der Waals surface area contributed by atoms with E-state index in [2.05, 4.69) is 4.90 Å². The Morgan fingerprint density at radius 1 is 0.733 bits per heavy atom. The van der Waals surface area contributed by atoms with E-state index in [1.54, 1.807) is 0 Å². The van der Waals surface area contributed by atoms with Crippen molar-refractivity contribution in [3.8, 4) is 0 Å². The van der Waals surface area contributed by atoms with Crippen molar-refractivity contribution in [1.82, 2.24) is 24.5 Å². The van der Waals surface area contributed by atoms with Gasteiger partial charge in [0.1, 0.15) is 0 Å². The topological polar surface area (TPSA) is 67.4 Å². The Labute approximate surface area is 181 Å². The number of rotatable bonds is 5. The minimum atomic E-state index is 0.0245. The molecule has 0 bridgehead atoms. The minimum Gasteiger partial charge on any atom is -0.342 e. The molecule has 0 aromatic carbocycles. The van der Waals surface area contributed by atoms with Gasteiger partial charge in [0.25, 0.3) is 0 Å². The van der Waals surface area contributed by atoms with Gasteiger partial charge in [-0.3, -0.25) is 14.5 Å². The molecule has 3 rings (SSSR count). The second kappa shape index (κ2) is 11.0. The maximum Gasteiger partial charge on any atom is 0.319 e. The van der Waals surface area contributed by atoms with Crippen molar-refractivity contribution in [3.05, 3.63) is 0 Å². The van der Waals surface area contributed by atoms with E-state index in [0.29, 0.717) is 26.2 Å². The molecular weight excluding hydrogens is 382 g/mol. The lowest BCUT2D eigenvalue weighted by Gasteiger charge is -2.35. The summed E-state index contributed by atoms with van der Waals surface area (Å²) in [6, 6.07) is 0.154. The first-order valence-electron chi connectivity index (χ1n) is 11.9. The Morgan fingerprint density at radius 2 is 1.33 bits per heavy atom. The van der Waals surface area contributed by atoms with Crippen LogP contribution in [0.25, 0.3) is 0 Å². The highest BCUT2D eigenvalue weighted by Gasteiger charge is 2.33. The van der Waals surface area contributed by atoms with Crippen molar-refractivity contribution in [2.75, 3.05) is 72.0 Å². The molecule has 3 heterocycles. The van der Waals surface area contributed by atoms with Crippen molar-refractivity contribution in [3.63, 3.8) is 0 Å². The molecule has 3 fully saturated rings. The van der Waals surface area contributed by atoms with Crippen molar-refractivity contribution in [2.24, 2.45) is 5.92 Å². The third-order valence-electron chi connectivity index (χ3n) is 6.87. The van der Waals surface area contributed by atoms with Gasteiger partial charge in [-0.25, -0.2) is 4.79 Å². The molecule has 30 heavy (non-hydrogen) atoms. The fraction of sp³-hybridized carbons (Fsp3) is 0.864. The van der Waals surface area contributed by atoms with Crippen LogP contribution in [0.1, 0.15) is 46.0 Å². The van der Waals surface area contributed by atoms with Crippen LogP contribution in [0, 0.1) is 5.92 Å². The van der Waals surface area contributed by atoms with Gasteiger partial charge in [0.2, 0.25) is 11.8 Å². The summed E-state index contributed by atoms with van der Waals surface area (Å²) in [5.74, 6) is 0.437. The zero-order chi connectivity index (χ0) is 21.5. The summed E-state index contributed by atoms with van der Waals surface area (Å²) in [5.41, 5.74) is 0. The standard InChI is InChI=1S/C22H39N5O3/c1-3-24(4-2)20(28)18-23-10-7-13-25(17-16-23)21(29)19-8-14-27(15-9-19)22(30)26-11-5-6-12-26/h19H,3-18H2,1-2H3. The summed E-state index contributed by atoms with van der Waals surface area (Å²) in [5, 5.41) is 0. The van der Waals surface area contributed by atoms with Gasteiger partial charge in [0, 0.05) is 71.4 Å². The molecule has 0 saturated carbocycles. The van der Waals surface area contributed by atoms with E-state index in [-0.39, 0.29) is 23.8 Å². The fourth-order valence-electron chi connectivity index (χ4n) is 4.90. The number of hydrogen-bond donors (Lipinski definition) is 0. The van der Waals surface area contributed by atoms with Gasteiger partial charge in [-0.2, -0.15) is 0 Å². The van der Waals surface area contributed by atoms with Crippen LogP contribution in [-0.2, 0) is 9.59 Å². The Morgan fingerprint density at radius 3 is 1.97 bits per heavy atom. The van der Waals surface area contributed by atoms with Crippen molar-refractivity contribution in [2.45, 2.75) is 46.0 Å². The predicted molar refractivity (Wildman–Crippen MR) is 116 cm³/mol. The van der Waals surface area contributed by atoms with Gasteiger partial charge in [-0.05, 0) is 46.0 Å². The summed E-state index contributed by atoms with van der Waals surface area (Å²) in [4.78, 5) is 48.0. The van der Waals surface area contributed by atoms with Crippen molar-refractivity contribution in [1.29, 1.82) is 0 Å². The highest BCUT2D eigenvalue weighted by Crippen LogP contribution is 2.22. The second-order valence-electron chi connectivity index (χ2n) is 8.76. The van der Waals surface area contributed by atoms with E-state index >= 15 is 0 Å². The van der Waals surface area contributed by atoms with Gasteiger partial charge in [0.15, 0.2) is 0 Å². The molecule has 4 amide bonds. The highest BCUT2D eigenvalue weighted by atomic mass is 16.2. The average molecular weight is 422 g/mol. The Kier molecular flexibility index (Phi) is 8.36. The smallest absolute Gasteiger partial charge is 0.319 e. The lowest BCUT2D eigenvalue weighted by Crippen LogP contribution is -2.48. The van der Waals surface area contributed by atoms with Crippen LogP contribution in [0.5, 0.6) is 0 Å². The lowest BCUT2D eigenvalue weighted by atomic mass is 9.95. The molecule has 0 N–H and O–H groups in total. The molecule has 3 aliphatic heterocycles. The molecule has 0 aliphatic carbocycles. The number of carbonyl (C=O) groups excluding carboxylic acids is 3. The number of carbonyl (C=O) groups is 3. The summed E-state index contributed by atoms with van der Waals surface area (Å²) >= 11 is 0. The monoisotopic (exact) mass is 421 g/mol. The molecule has 3 aliphatic rings. The number of urea groups is 1. The van der Waals surface area contributed by atoms with Crippen molar-refractivity contribution < 1.29 is 14.4 Å². The van der Waals surface area contributed by atoms with Crippen LogP contribution in [0.4, 0.5) is 4.79 Å². The Bertz CT molecular complexity index is 596. The number of piperidine rings is 1. The molecule has 0 radical (unpaired) electrons. The summed E-state index contributed by atoms with van der Waals surface area (Å²) in [6.07, 6.45) is 4.64. The van der Waals surface area contributed by atoms with Gasteiger partial charge in [-0.15, -0.1) is 0 Å². The predicted octanol–water partition coefficient (Wildman–Crippen LogP) is 1.32.